The lowest BCUT2D eigenvalue weighted by molar-refractivity contribution is 0.229. The van der Waals surface area contributed by atoms with Crippen LogP contribution in [-0.2, 0) is 0 Å². The highest BCUT2D eigenvalue weighted by atomic mass is 28.2. The van der Waals surface area contributed by atoms with Crippen LogP contribution >= 0.6 is 0 Å². The van der Waals surface area contributed by atoms with E-state index < -0.39 is 0 Å². The summed E-state index contributed by atoms with van der Waals surface area (Å²) in [7, 11) is -0.352. The molecule has 0 aromatic heterocycles. The minimum absolute atomic E-state index is 0.352. The first-order valence-corrected chi connectivity index (χ1v) is 10.5. The molecule has 1 aromatic carbocycles. The average Bonchev–Trinajstić information content (AvgIpc) is 2.40. The first-order chi connectivity index (χ1) is 10.2. The van der Waals surface area contributed by atoms with Gasteiger partial charge in [-0.25, -0.2) is 0 Å². The van der Waals surface area contributed by atoms with E-state index >= 15 is 0 Å². The van der Waals surface area contributed by atoms with E-state index in [0.717, 1.165) is 5.54 Å². The van der Waals surface area contributed by atoms with Crippen molar-refractivity contribution in [3.63, 3.8) is 0 Å². The quantitative estimate of drug-likeness (QED) is 0.657. The van der Waals surface area contributed by atoms with Gasteiger partial charge < -0.3 is 4.98 Å². The standard InChI is InChI=1S/C20H37NSi/c1-8-9-15-17(16-13-11-10-12-14-16)21-22-18(19(2,3)4)20(5,6)7/h10-14,17-18,21H,8-9,15,22H2,1-7H3. The fourth-order valence-electron chi connectivity index (χ4n) is 3.65. The maximum Gasteiger partial charge on any atom is 0.0964 e. The second-order valence-electron chi connectivity index (χ2n) is 8.80. The van der Waals surface area contributed by atoms with Gasteiger partial charge in [0.1, 0.15) is 0 Å². The molecule has 0 heterocycles. The number of nitrogens with one attached hydrogen (secondary N) is 1. The number of hydrogen-bond donors (Lipinski definition) is 1. The summed E-state index contributed by atoms with van der Waals surface area (Å²) >= 11 is 0. The van der Waals surface area contributed by atoms with E-state index in [1.807, 2.05) is 0 Å². The molecule has 1 N–H and O–H groups in total. The van der Waals surface area contributed by atoms with Crippen molar-refractivity contribution >= 4 is 9.68 Å². The number of unbranched alkanes of at least 4 members (excludes halogenated alkanes) is 1. The SMILES string of the molecule is CCCCC(N[SiH2]C(C(C)(C)C)C(C)(C)C)c1ccccc1. The van der Waals surface area contributed by atoms with Gasteiger partial charge in [0.25, 0.3) is 0 Å². The van der Waals surface area contributed by atoms with Gasteiger partial charge >= 0.3 is 0 Å². The van der Waals surface area contributed by atoms with Gasteiger partial charge in [0.2, 0.25) is 0 Å². The second-order valence-corrected chi connectivity index (χ2v) is 10.4. The van der Waals surface area contributed by atoms with Crippen LogP contribution in [0.3, 0.4) is 0 Å². The summed E-state index contributed by atoms with van der Waals surface area (Å²) in [4.78, 5) is 4.02. The van der Waals surface area contributed by atoms with E-state index in [9.17, 15) is 0 Å². The maximum atomic E-state index is 4.02. The van der Waals surface area contributed by atoms with Crippen LogP contribution in [0.1, 0.15) is 79.3 Å². The Labute approximate surface area is 141 Å². The van der Waals surface area contributed by atoms with E-state index in [1.165, 1.54) is 24.8 Å². The molecule has 2 heteroatoms. The zero-order valence-corrected chi connectivity index (χ0v) is 17.3. The molecule has 0 bridgehead atoms. The van der Waals surface area contributed by atoms with Crippen LogP contribution in [0, 0.1) is 10.8 Å². The summed E-state index contributed by atoms with van der Waals surface area (Å²) in [5.41, 5.74) is 3.00. The lowest BCUT2D eigenvalue weighted by Gasteiger charge is -2.41. The molecule has 0 radical (unpaired) electrons. The molecule has 0 spiro atoms. The molecule has 22 heavy (non-hydrogen) atoms. The molecule has 0 fully saturated rings. The molecule has 0 amide bonds. The van der Waals surface area contributed by atoms with Crippen molar-refractivity contribution in [3.8, 4) is 0 Å². The van der Waals surface area contributed by atoms with Crippen LogP contribution in [0.5, 0.6) is 0 Å². The molecule has 1 aromatic rings. The molecular weight excluding hydrogens is 282 g/mol. The molecule has 0 aliphatic rings. The molecule has 0 aliphatic heterocycles. The summed E-state index contributed by atoms with van der Waals surface area (Å²) in [6.07, 6.45) is 3.83. The van der Waals surface area contributed by atoms with E-state index in [4.69, 9.17) is 0 Å². The van der Waals surface area contributed by atoms with Crippen LogP contribution in [0.4, 0.5) is 0 Å². The summed E-state index contributed by atoms with van der Waals surface area (Å²) < 4.78 is 0. The van der Waals surface area contributed by atoms with Crippen molar-refractivity contribution in [1.29, 1.82) is 0 Å². The Morgan fingerprint density at radius 3 is 1.95 bits per heavy atom. The number of rotatable bonds is 7. The van der Waals surface area contributed by atoms with E-state index in [0.29, 0.717) is 16.9 Å². The predicted octanol–water partition coefficient (Wildman–Crippen LogP) is 5.47. The summed E-state index contributed by atoms with van der Waals surface area (Å²) in [6, 6.07) is 11.6. The molecule has 1 nitrogen and oxygen atoms in total. The lowest BCUT2D eigenvalue weighted by Crippen LogP contribution is -2.39. The van der Waals surface area contributed by atoms with Crippen molar-refractivity contribution < 1.29 is 0 Å². The lowest BCUT2D eigenvalue weighted by atomic mass is 9.77. The Morgan fingerprint density at radius 2 is 1.50 bits per heavy atom. The Morgan fingerprint density at radius 1 is 0.955 bits per heavy atom. The fraction of sp³-hybridized carbons (Fsp3) is 0.700. The first-order valence-electron chi connectivity index (χ1n) is 8.94. The van der Waals surface area contributed by atoms with Gasteiger partial charge in [0, 0.05) is 6.04 Å². The monoisotopic (exact) mass is 319 g/mol. The van der Waals surface area contributed by atoms with E-state index in [-0.39, 0.29) is 9.68 Å². The van der Waals surface area contributed by atoms with Crippen molar-refractivity contribution in [2.24, 2.45) is 10.8 Å². The fourth-order valence-corrected chi connectivity index (χ4v) is 5.84. The van der Waals surface area contributed by atoms with Crippen LogP contribution in [0.15, 0.2) is 30.3 Å². The van der Waals surface area contributed by atoms with Crippen molar-refractivity contribution in [2.75, 3.05) is 0 Å². The van der Waals surface area contributed by atoms with Crippen molar-refractivity contribution in [1.82, 2.24) is 4.98 Å². The minimum Gasteiger partial charge on any atom is -0.336 e. The third kappa shape index (κ3) is 6.25. The van der Waals surface area contributed by atoms with Gasteiger partial charge in [-0.05, 0) is 28.4 Å². The molecule has 126 valence electrons. The molecule has 1 rings (SSSR count). The Bertz CT molecular complexity index is 400. The zero-order chi connectivity index (χ0) is 16.8. The van der Waals surface area contributed by atoms with Gasteiger partial charge in [-0.1, -0.05) is 91.6 Å². The second kappa shape index (κ2) is 8.31. The number of benzene rings is 1. The molecule has 1 unspecified atom stereocenters. The normalized spacial score (nSPS) is 14.9. The summed E-state index contributed by atoms with van der Waals surface area (Å²) in [5.74, 6) is 0. The maximum absolute atomic E-state index is 4.02. The van der Waals surface area contributed by atoms with Gasteiger partial charge in [-0.3, -0.25) is 0 Å². The summed E-state index contributed by atoms with van der Waals surface area (Å²) in [5, 5.41) is 0. The molecule has 0 saturated carbocycles. The topological polar surface area (TPSA) is 12.0 Å². The highest BCUT2D eigenvalue weighted by Gasteiger charge is 2.35. The van der Waals surface area contributed by atoms with Crippen LogP contribution in [-0.4, -0.2) is 9.68 Å². The third-order valence-electron chi connectivity index (χ3n) is 4.71. The van der Waals surface area contributed by atoms with Gasteiger partial charge in [0.15, 0.2) is 0 Å². The van der Waals surface area contributed by atoms with E-state index in [1.54, 1.807) is 0 Å². The van der Waals surface area contributed by atoms with Gasteiger partial charge in [0.05, 0.1) is 9.68 Å². The van der Waals surface area contributed by atoms with Gasteiger partial charge in [-0.15, -0.1) is 0 Å². The molecule has 0 aliphatic carbocycles. The largest absolute Gasteiger partial charge is 0.336 e. The smallest absolute Gasteiger partial charge is 0.0964 e. The average molecular weight is 320 g/mol. The highest BCUT2D eigenvalue weighted by molar-refractivity contribution is 6.35. The minimum atomic E-state index is -0.352. The third-order valence-corrected chi connectivity index (χ3v) is 8.29. The number of hydrogen-bond acceptors (Lipinski definition) is 1. The van der Waals surface area contributed by atoms with Crippen LogP contribution in [0.25, 0.3) is 0 Å². The van der Waals surface area contributed by atoms with E-state index in [2.05, 4.69) is 83.8 Å². The van der Waals surface area contributed by atoms with Crippen molar-refractivity contribution in [2.45, 2.75) is 79.3 Å². The Balaban J connectivity index is 2.81. The van der Waals surface area contributed by atoms with Crippen LogP contribution in [0.2, 0.25) is 5.54 Å². The predicted molar refractivity (Wildman–Crippen MR) is 103 cm³/mol. The van der Waals surface area contributed by atoms with Crippen molar-refractivity contribution in [3.05, 3.63) is 35.9 Å². The van der Waals surface area contributed by atoms with Crippen LogP contribution < -0.4 is 4.98 Å². The van der Waals surface area contributed by atoms with Gasteiger partial charge in [-0.2, -0.15) is 0 Å². The molecule has 0 saturated heterocycles. The highest BCUT2D eigenvalue weighted by Crippen LogP contribution is 2.44. The summed E-state index contributed by atoms with van der Waals surface area (Å²) in [6.45, 7) is 16.7. The Kier molecular flexibility index (Phi) is 7.34. The zero-order valence-electron chi connectivity index (χ0n) is 15.9. The Hall–Kier alpha value is -0.603. The molecular formula is C20H37NSi. The first kappa shape index (κ1) is 19.4. The molecule has 1 atom stereocenters.